The predicted molar refractivity (Wildman–Crippen MR) is 263 cm³/mol. The van der Waals surface area contributed by atoms with Gasteiger partial charge in [0.15, 0.2) is 0 Å². The van der Waals surface area contributed by atoms with Crippen molar-refractivity contribution in [2.45, 2.75) is 0 Å². The molecule has 0 heterocycles. The normalized spacial score (nSPS) is 12.1. The van der Waals surface area contributed by atoms with Crippen LogP contribution in [0.2, 0.25) is 0 Å². The van der Waals surface area contributed by atoms with Crippen LogP contribution >= 0.6 is 23.5 Å². The van der Waals surface area contributed by atoms with Crippen molar-refractivity contribution >= 4 is 91.7 Å². The number of benzene rings is 8. The number of rotatable bonds is 14. The van der Waals surface area contributed by atoms with Crippen LogP contribution in [0.15, 0.2) is 218 Å². The fraction of sp³-hybridized carbons (Fsp3) is 0.0741. The van der Waals surface area contributed by atoms with E-state index in [0.29, 0.717) is 0 Å². The Morgan fingerprint density at radius 3 is 0.879 bits per heavy atom. The monoisotopic (exact) mass is 780 g/mol. The lowest BCUT2D eigenvalue weighted by molar-refractivity contribution is 1.57. The second kappa shape index (κ2) is 19.2. The second-order valence-corrected chi connectivity index (χ2v) is 16.4. The Morgan fingerprint density at radius 2 is 0.603 bits per heavy atom. The van der Waals surface area contributed by atoms with Gasteiger partial charge in [0.25, 0.3) is 0 Å². The molecule has 0 bridgehead atoms. The maximum absolute atomic E-state index is 2.42. The van der Waals surface area contributed by atoms with Crippen molar-refractivity contribution in [2.24, 2.45) is 0 Å². The molecule has 0 unspecified atom stereocenters. The van der Waals surface area contributed by atoms with E-state index in [-0.39, 0.29) is 13.4 Å². The van der Waals surface area contributed by atoms with Crippen LogP contribution in [-0.4, -0.2) is 37.4 Å². The molecule has 0 saturated carbocycles. The van der Waals surface area contributed by atoms with E-state index in [2.05, 4.69) is 231 Å². The molecule has 8 aromatic carbocycles. The summed E-state index contributed by atoms with van der Waals surface area (Å²) in [5, 5.41) is 2.49. The van der Waals surface area contributed by atoms with Gasteiger partial charge in [0.05, 0.1) is 0 Å². The molecule has 0 aliphatic carbocycles. The van der Waals surface area contributed by atoms with Crippen LogP contribution in [0.25, 0.3) is 32.9 Å². The maximum atomic E-state index is 2.42. The summed E-state index contributed by atoms with van der Waals surface area (Å²) in [6, 6.07) is 80.4. The molecule has 8 rings (SSSR count). The molecule has 8 aromatic rings. The number of hydrogen-bond acceptors (Lipinski definition) is 2. The highest BCUT2D eigenvalue weighted by Gasteiger charge is 2.30. The van der Waals surface area contributed by atoms with Crippen molar-refractivity contribution < 1.29 is 0 Å². The molecule has 0 aromatic heterocycles. The topological polar surface area (TPSA) is 0 Å². The third-order valence-electron chi connectivity index (χ3n) is 11.0. The first-order valence-electron chi connectivity index (χ1n) is 20.0. The molecule has 0 fully saturated rings. The average molecular weight is 781 g/mol. The maximum Gasteiger partial charge on any atom is 0.242 e. The zero-order chi connectivity index (χ0) is 39.5. The molecule has 4 heteroatoms. The number of thioether (sulfide) groups is 2. The molecular weight excluding hydrogens is 734 g/mol. The minimum atomic E-state index is 0.0721. The first kappa shape index (κ1) is 39.2. The molecule has 0 aliphatic rings. The second-order valence-electron chi connectivity index (χ2n) is 14.7. The molecule has 58 heavy (non-hydrogen) atoms. The fourth-order valence-corrected chi connectivity index (χ4v) is 9.66. The minimum Gasteiger partial charge on any atom is -0.161 e. The van der Waals surface area contributed by atoms with Crippen molar-refractivity contribution in [3.05, 3.63) is 241 Å². The largest absolute Gasteiger partial charge is 0.242 e. The Morgan fingerprint density at radius 1 is 0.328 bits per heavy atom. The SMILES string of the molecule is CSC/C(=C(\B(c1ccccc1)c1ccccc1)c1ccccc1)c1ccc2cc(/C(CSC)=C(/B(c3ccccc3)c3ccccc3)c3ccccc3)ccc2c1. The third kappa shape index (κ3) is 8.75. The Bertz CT molecular complexity index is 2340. The van der Waals surface area contributed by atoms with Crippen LogP contribution in [0.5, 0.6) is 0 Å². The van der Waals surface area contributed by atoms with Gasteiger partial charge in [-0.25, -0.2) is 0 Å². The van der Waals surface area contributed by atoms with Crippen molar-refractivity contribution in [1.82, 2.24) is 0 Å². The van der Waals surface area contributed by atoms with Gasteiger partial charge in [-0.15, -0.1) is 0 Å². The zero-order valence-electron chi connectivity index (χ0n) is 33.2. The van der Waals surface area contributed by atoms with Gasteiger partial charge in [-0.2, -0.15) is 23.5 Å². The van der Waals surface area contributed by atoms with Crippen LogP contribution in [0, 0.1) is 0 Å². The molecule has 0 nitrogen and oxygen atoms in total. The molecule has 0 aliphatic heterocycles. The smallest absolute Gasteiger partial charge is 0.161 e. The van der Waals surface area contributed by atoms with Gasteiger partial charge in [0, 0.05) is 11.5 Å². The number of fused-ring (bicyclic) bond motifs is 1. The van der Waals surface area contributed by atoms with Gasteiger partial charge in [-0.1, -0.05) is 239 Å². The summed E-state index contributed by atoms with van der Waals surface area (Å²) in [5.41, 5.74) is 15.7. The average Bonchev–Trinajstić information content (AvgIpc) is 3.30. The quantitative estimate of drug-likeness (QED) is 0.0796. The van der Waals surface area contributed by atoms with Crippen molar-refractivity contribution in [3.8, 4) is 0 Å². The lowest BCUT2D eigenvalue weighted by Crippen LogP contribution is -2.44. The lowest BCUT2D eigenvalue weighted by Gasteiger charge is -2.25. The molecular formula is C54H46B2S2. The standard InChI is InChI=1S/C54H46B2S2/c1-57-39-51(53(41-21-9-3-10-22-41)55(47-25-13-5-14-26-47)48-27-15-6-16-28-48)45-35-33-44-38-46(36-34-43(44)37-45)52(40-58-2)54(42-23-11-4-12-24-42)56(49-29-17-7-18-30-49)50-31-19-8-20-32-50/h3-38H,39-40H2,1-2H3/b53-51+,54-52+. The van der Waals surface area contributed by atoms with E-state index < -0.39 is 0 Å². The van der Waals surface area contributed by atoms with E-state index in [1.54, 1.807) is 0 Å². The summed E-state index contributed by atoms with van der Waals surface area (Å²) in [5.74, 6) is 1.79. The van der Waals surface area contributed by atoms with E-state index in [9.17, 15) is 0 Å². The van der Waals surface area contributed by atoms with Gasteiger partial charge in [-0.05, 0) is 68.8 Å². The molecule has 0 amide bonds. The molecule has 0 N–H and O–H groups in total. The predicted octanol–water partition coefficient (Wildman–Crippen LogP) is 11.1. The highest BCUT2D eigenvalue weighted by molar-refractivity contribution is 7.99. The van der Waals surface area contributed by atoms with Crippen LogP contribution in [0.1, 0.15) is 22.3 Å². The zero-order valence-corrected chi connectivity index (χ0v) is 34.8. The third-order valence-corrected chi connectivity index (χ3v) is 12.2. The molecule has 0 radical (unpaired) electrons. The molecule has 0 saturated heterocycles. The van der Waals surface area contributed by atoms with Gasteiger partial charge in [-0.3, -0.25) is 0 Å². The summed E-state index contributed by atoms with van der Waals surface area (Å²) >= 11 is 3.77. The van der Waals surface area contributed by atoms with Crippen LogP contribution in [0.3, 0.4) is 0 Å². The molecule has 0 spiro atoms. The Balaban J connectivity index is 1.32. The Labute approximate surface area is 354 Å². The first-order valence-corrected chi connectivity index (χ1v) is 22.8. The lowest BCUT2D eigenvalue weighted by atomic mass is 9.34. The Hall–Kier alpha value is -5.67. The molecule has 0 atom stereocenters. The summed E-state index contributed by atoms with van der Waals surface area (Å²) in [6.45, 7) is 0.144. The summed E-state index contributed by atoms with van der Waals surface area (Å²) in [7, 11) is 0. The van der Waals surface area contributed by atoms with E-state index in [1.807, 2.05) is 23.5 Å². The summed E-state index contributed by atoms with van der Waals surface area (Å²) in [6.07, 6.45) is 4.44. The van der Waals surface area contributed by atoms with E-state index in [0.717, 1.165) is 11.5 Å². The number of hydrogen-bond donors (Lipinski definition) is 0. The van der Waals surface area contributed by atoms with Gasteiger partial charge in [0.2, 0.25) is 13.4 Å². The van der Waals surface area contributed by atoms with Gasteiger partial charge < -0.3 is 0 Å². The van der Waals surface area contributed by atoms with E-state index in [4.69, 9.17) is 0 Å². The summed E-state index contributed by atoms with van der Waals surface area (Å²) < 4.78 is 0. The highest BCUT2D eigenvalue weighted by atomic mass is 32.2. The van der Waals surface area contributed by atoms with E-state index in [1.165, 1.54) is 77.0 Å². The minimum absolute atomic E-state index is 0.0721. The molecule has 280 valence electrons. The van der Waals surface area contributed by atoms with Crippen LogP contribution < -0.4 is 21.9 Å². The van der Waals surface area contributed by atoms with Crippen molar-refractivity contribution in [3.63, 3.8) is 0 Å². The van der Waals surface area contributed by atoms with Crippen LogP contribution in [-0.2, 0) is 0 Å². The first-order chi connectivity index (χ1) is 28.7. The van der Waals surface area contributed by atoms with Crippen molar-refractivity contribution in [1.29, 1.82) is 0 Å². The van der Waals surface area contributed by atoms with Crippen molar-refractivity contribution in [2.75, 3.05) is 24.0 Å². The van der Waals surface area contributed by atoms with Gasteiger partial charge >= 0.3 is 0 Å². The van der Waals surface area contributed by atoms with Crippen LogP contribution in [0.4, 0.5) is 0 Å². The van der Waals surface area contributed by atoms with Gasteiger partial charge in [0.1, 0.15) is 0 Å². The highest BCUT2D eigenvalue weighted by Crippen LogP contribution is 2.36. The van der Waals surface area contributed by atoms with E-state index >= 15 is 0 Å². The Kier molecular flexibility index (Phi) is 13.0. The summed E-state index contributed by atoms with van der Waals surface area (Å²) in [4.78, 5) is 0. The fourth-order valence-electron chi connectivity index (χ4n) is 8.44.